The fourth-order valence-electron chi connectivity index (χ4n) is 1.17. The van der Waals surface area contributed by atoms with Crippen LogP contribution in [-0.4, -0.2) is 20.7 Å². The average Bonchev–Trinajstić information content (AvgIpc) is 2.46. The fraction of sp³-hybridized carbons (Fsp3) is 0.222. The van der Waals surface area contributed by atoms with Gasteiger partial charge in [-0.1, -0.05) is 0 Å². The van der Waals surface area contributed by atoms with Gasteiger partial charge in [0.05, 0.1) is 5.52 Å². The third-order valence-electron chi connectivity index (χ3n) is 1.81. The Morgan fingerprint density at radius 2 is 2.31 bits per heavy atom. The zero-order chi connectivity index (χ0) is 9.42. The minimum absolute atomic E-state index is 0.0735. The van der Waals surface area contributed by atoms with Crippen LogP contribution in [0.5, 0.6) is 0 Å². The van der Waals surface area contributed by atoms with Gasteiger partial charge in [0.1, 0.15) is 0 Å². The van der Waals surface area contributed by atoms with Gasteiger partial charge in [-0.05, 0) is 18.6 Å². The molecule has 66 valence electrons. The number of hydrogen-bond acceptors (Lipinski definition) is 3. The number of aromatic amines is 1. The minimum atomic E-state index is -0.0735. The molecule has 0 fully saturated rings. The number of fused-ring (bicyclic) bond motifs is 1. The molecule has 0 unspecified atom stereocenters. The van der Waals surface area contributed by atoms with E-state index in [2.05, 4.69) is 15.0 Å². The summed E-state index contributed by atoms with van der Waals surface area (Å²) in [5.74, 6) is 0.295. The summed E-state index contributed by atoms with van der Waals surface area (Å²) >= 11 is 0. The highest BCUT2D eigenvalue weighted by Gasteiger charge is 2.06. The smallest absolute Gasteiger partial charge is 0.195 e. The zero-order valence-corrected chi connectivity index (χ0v) is 7.46. The fourth-order valence-corrected chi connectivity index (χ4v) is 1.17. The van der Waals surface area contributed by atoms with Gasteiger partial charge in [0.25, 0.3) is 0 Å². The van der Waals surface area contributed by atoms with Gasteiger partial charge in [0.2, 0.25) is 0 Å². The van der Waals surface area contributed by atoms with Gasteiger partial charge in [0, 0.05) is 13.1 Å². The van der Waals surface area contributed by atoms with Crippen LogP contribution >= 0.6 is 0 Å². The Morgan fingerprint density at radius 3 is 3.00 bits per heavy atom. The van der Waals surface area contributed by atoms with Gasteiger partial charge in [-0.2, -0.15) is 0 Å². The second-order valence-electron chi connectivity index (χ2n) is 3.03. The lowest BCUT2D eigenvalue weighted by molar-refractivity contribution is 0.100. The van der Waals surface area contributed by atoms with E-state index in [9.17, 15) is 4.79 Å². The van der Waals surface area contributed by atoms with Gasteiger partial charge in [0.15, 0.2) is 17.3 Å². The summed E-state index contributed by atoms with van der Waals surface area (Å²) in [5.41, 5.74) is 2.45. The van der Waals surface area contributed by atoms with E-state index in [0.29, 0.717) is 11.5 Å². The summed E-state index contributed by atoms with van der Waals surface area (Å²) in [7, 11) is 0. The van der Waals surface area contributed by atoms with Crippen LogP contribution in [0, 0.1) is 6.92 Å². The van der Waals surface area contributed by atoms with E-state index < -0.39 is 0 Å². The highest BCUT2D eigenvalue weighted by molar-refractivity contribution is 5.93. The van der Waals surface area contributed by atoms with E-state index >= 15 is 0 Å². The highest BCUT2D eigenvalue weighted by atomic mass is 16.1. The summed E-state index contributed by atoms with van der Waals surface area (Å²) in [6.45, 7) is 3.42. The van der Waals surface area contributed by atoms with Gasteiger partial charge >= 0.3 is 0 Å². The number of Topliss-reactive ketones (excluding diaryl/α,β-unsaturated/α-hetero) is 1. The van der Waals surface area contributed by atoms with Crippen LogP contribution in [0.2, 0.25) is 0 Å². The third-order valence-corrected chi connectivity index (χ3v) is 1.81. The number of nitrogens with zero attached hydrogens (tertiary/aromatic N) is 2. The van der Waals surface area contributed by atoms with Crippen LogP contribution in [-0.2, 0) is 0 Å². The maximum atomic E-state index is 11.0. The number of pyridine rings is 1. The largest absolute Gasteiger partial charge is 0.334 e. The van der Waals surface area contributed by atoms with Crippen molar-refractivity contribution in [2.45, 2.75) is 13.8 Å². The Bertz CT molecular complexity index is 473. The Hall–Kier alpha value is -1.71. The number of hydrogen-bond donors (Lipinski definition) is 1. The van der Waals surface area contributed by atoms with E-state index in [4.69, 9.17) is 0 Å². The molecule has 0 bridgehead atoms. The second kappa shape index (κ2) is 2.65. The maximum Gasteiger partial charge on any atom is 0.195 e. The molecule has 4 nitrogen and oxygen atoms in total. The van der Waals surface area contributed by atoms with E-state index in [1.54, 1.807) is 6.20 Å². The van der Waals surface area contributed by atoms with Crippen molar-refractivity contribution >= 4 is 16.9 Å². The van der Waals surface area contributed by atoms with Crippen LogP contribution < -0.4 is 0 Å². The summed E-state index contributed by atoms with van der Waals surface area (Å²) < 4.78 is 0. The van der Waals surface area contributed by atoms with Gasteiger partial charge in [-0.3, -0.25) is 4.79 Å². The SMILES string of the molecule is CC(=O)c1nc2ncc(C)cc2[nH]1. The van der Waals surface area contributed by atoms with Crippen molar-refractivity contribution in [2.24, 2.45) is 0 Å². The lowest BCUT2D eigenvalue weighted by Crippen LogP contribution is -1.93. The molecule has 2 rings (SSSR count). The Kier molecular flexibility index (Phi) is 1.62. The summed E-state index contributed by atoms with van der Waals surface area (Å²) in [4.78, 5) is 22.0. The van der Waals surface area contributed by atoms with Crippen molar-refractivity contribution in [1.82, 2.24) is 15.0 Å². The van der Waals surface area contributed by atoms with Crippen LogP contribution in [0.25, 0.3) is 11.2 Å². The van der Waals surface area contributed by atoms with Crippen LogP contribution in [0.15, 0.2) is 12.3 Å². The van der Waals surface area contributed by atoms with Crippen LogP contribution in [0.3, 0.4) is 0 Å². The standard InChI is InChI=1S/C9H9N3O/c1-5-3-7-9(10-4-5)12-8(11-7)6(2)13/h3-4H,1-2H3,(H,10,11,12). The van der Waals surface area contributed by atoms with Crippen molar-refractivity contribution in [1.29, 1.82) is 0 Å². The summed E-state index contributed by atoms with van der Waals surface area (Å²) in [6.07, 6.45) is 1.73. The highest BCUT2D eigenvalue weighted by Crippen LogP contribution is 2.10. The molecule has 0 radical (unpaired) electrons. The number of nitrogens with one attached hydrogen (secondary N) is 1. The van der Waals surface area contributed by atoms with E-state index in [0.717, 1.165) is 11.1 Å². The summed E-state index contributed by atoms with van der Waals surface area (Å²) in [6, 6.07) is 1.92. The first-order chi connectivity index (χ1) is 6.16. The predicted molar refractivity (Wildman–Crippen MR) is 48.6 cm³/mol. The number of ketones is 1. The molecule has 0 atom stereocenters. The number of aromatic nitrogens is 3. The molecule has 2 aromatic rings. The van der Waals surface area contributed by atoms with Crippen molar-refractivity contribution in [2.75, 3.05) is 0 Å². The second-order valence-corrected chi connectivity index (χ2v) is 3.03. The molecule has 0 amide bonds. The monoisotopic (exact) mass is 175 g/mol. The number of aryl methyl sites for hydroxylation is 1. The third kappa shape index (κ3) is 1.30. The molecule has 0 saturated carbocycles. The Labute approximate surface area is 75.0 Å². The van der Waals surface area contributed by atoms with Gasteiger partial charge < -0.3 is 4.98 Å². The number of rotatable bonds is 1. The molecular formula is C9H9N3O. The molecule has 4 heteroatoms. The number of carbonyl (C=O) groups excluding carboxylic acids is 1. The van der Waals surface area contributed by atoms with Crippen LogP contribution in [0.4, 0.5) is 0 Å². The molecule has 2 aromatic heterocycles. The van der Waals surface area contributed by atoms with Crippen molar-refractivity contribution in [3.05, 3.63) is 23.7 Å². The van der Waals surface area contributed by atoms with E-state index in [1.165, 1.54) is 6.92 Å². The molecule has 0 aliphatic rings. The first-order valence-electron chi connectivity index (χ1n) is 4.00. The lowest BCUT2D eigenvalue weighted by atomic mass is 10.3. The first-order valence-corrected chi connectivity index (χ1v) is 4.00. The van der Waals surface area contributed by atoms with Crippen molar-refractivity contribution in [3.63, 3.8) is 0 Å². The molecule has 13 heavy (non-hydrogen) atoms. The molecular weight excluding hydrogens is 166 g/mol. The normalized spacial score (nSPS) is 10.6. The molecule has 1 N–H and O–H groups in total. The van der Waals surface area contributed by atoms with Gasteiger partial charge in [-0.15, -0.1) is 0 Å². The van der Waals surface area contributed by atoms with Crippen LogP contribution in [0.1, 0.15) is 23.1 Å². The summed E-state index contributed by atoms with van der Waals surface area (Å²) in [5, 5.41) is 0. The molecule has 0 aromatic carbocycles. The van der Waals surface area contributed by atoms with E-state index in [-0.39, 0.29) is 5.78 Å². The minimum Gasteiger partial charge on any atom is -0.334 e. The Morgan fingerprint density at radius 1 is 1.54 bits per heavy atom. The number of imidazole rings is 1. The molecule has 0 saturated heterocycles. The Balaban J connectivity index is 2.68. The van der Waals surface area contributed by atoms with Crippen molar-refractivity contribution in [3.8, 4) is 0 Å². The number of carbonyl (C=O) groups is 1. The topological polar surface area (TPSA) is 58.6 Å². The van der Waals surface area contributed by atoms with E-state index in [1.807, 2.05) is 13.0 Å². The van der Waals surface area contributed by atoms with Crippen molar-refractivity contribution < 1.29 is 4.79 Å². The molecule has 0 aliphatic carbocycles. The quantitative estimate of drug-likeness (QED) is 0.667. The predicted octanol–water partition coefficient (Wildman–Crippen LogP) is 1.47. The number of H-pyrrole nitrogens is 1. The molecule has 0 aliphatic heterocycles. The molecule has 2 heterocycles. The lowest BCUT2D eigenvalue weighted by Gasteiger charge is -1.88. The molecule has 0 spiro atoms. The van der Waals surface area contributed by atoms with Gasteiger partial charge in [-0.25, -0.2) is 9.97 Å². The zero-order valence-electron chi connectivity index (χ0n) is 7.46. The maximum absolute atomic E-state index is 11.0. The first kappa shape index (κ1) is 7.91. The average molecular weight is 175 g/mol.